The van der Waals surface area contributed by atoms with E-state index >= 15 is 0 Å². The Bertz CT molecular complexity index is 566. The normalized spacial score (nSPS) is 10.6. The van der Waals surface area contributed by atoms with Crippen molar-refractivity contribution in [2.24, 2.45) is 7.05 Å². The average Bonchev–Trinajstić information content (AvgIpc) is 2.58. The Morgan fingerprint density at radius 2 is 2.00 bits per heavy atom. The second kappa shape index (κ2) is 4.88. The van der Waals surface area contributed by atoms with Gasteiger partial charge in [-0.2, -0.15) is 0 Å². The van der Waals surface area contributed by atoms with Crippen LogP contribution in [0, 0.1) is 6.92 Å². The van der Waals surface area contributed by atoms with E-state index < -0.39 is 0 Å². The highest BCUT2D eigenvalue weighted by Crippen LogP contribution is 2.36. The second-order valence-electron chi connectivity index (χ2n) is 3.66. The van der Waals surface area contributed by atoms with Gasteiger partial charge in [-0.05, 0) is 35.0 Å². The van der Waals surface area contributed by atoms with E-state index in [1.807, 2.05) is 36.9 Å². The van der Waals surface area contributed by atoms with Crippen LogP contribution in [0.25, 0.3) is 0 Å². The van der Waals surface area contributed by atoms with Crippen LogP contribution in [0.3, 0.4) is 0 Å². The van der Waals surface area contributed by atoms with Crippen molar-refractivity contribution in [1.82, 2.24) is 9.55 Å². The molecule has 6 heteroatoms. The van der Waals surface area contributed by atoms with Gasteiger partial charge < -0.3 is 9.88 Å². The Balaban J connectivity index is 2.37. The Kier molecular flexibility index (Phi) is 3.66. The minimum absolute atomic E-state index is 0.474. The van der Waals surface area contributed by atoms with E-state index in [-0.39, 0.29) is 0 Å². The number of nitrogens with one attached hydrogen (secondary N) is 1. The van der Waals surface area contributed by atoms with Gasteiger partial charge in [0.05, 0.1) is 21.4 Å². The molecule has 0 fully saturated rings. The molecular formula is C11H10BrCl2N3. The summed E-state index contributed by atoms with van der Waals surface area (Å²) in [6.45, 7) is 1.93. The first-order valence-electron chi connectivity index (χ1n) is 4.89. The fourth-order valence-corrected chi connectivity index (χ4v) is 2.30. The molecule has 1 heterocycles. The Morgan fingerprint density at radius 3 is 2.59 bits per heavy atom. The molecule has 2 aromatic rings. The largest absolute Gasteiger partial charge is 0.324 e. The first kappa shape index (κ1) is 12.7. The summed E-state index contributed by atoms with van der Waals surface area (Å²) in [5.74, 6) is 0.725. The molecule has 0 amide bonds. The Labute approximate surface area is 118 Å². The van der Waals surface area contributed by atoms with Crippen molar-refractivity contribution in [3.63, 3.8) is 0 Å². The summed E-state index contributed by atoms with van der Waals surface area (Å²) in [4.78, 5) is 4.34. The standard InChI is InChI=1S/C11H10BrCl2N3/c1-6-5-17(2)11(15-6)16-8-4-3-7(12)9(13)10(8)14/h3-5H,1-2H3,(H,15,16). The molecule has 0 spiro atoms. The van der Waals surface area contributed by atoms with Gasteiger partial charge in [0.15, 0.2) is 0 Å². The lowest BCUT2D eigenvalue weighted by molar-refractivity contribution is 0.924. The number of hydrogen-bond acceptors (Lipinski definition) is 2. The number of hydrogen-bond donors (Lipinski definition) is 1. The van der Waals surface area contributed by atoms with E-state index in [1.165, 1.54) is 0 Å². The highest BCUT2D eigenvalue weighted by atomic mass is 79.9. The summed E-state index contributed by atoms with van der Waals surface area (Å²) in [5, 5.41) is 4.11. The minimum atomic E-state index is 0.474. The summed E-state index contributed by atoms with van der Waals surface area (Å²) in [6.07, 6.45) is 1.93. The van der Waals surface area contributed by atoms with E-state index in [0.717, 1.165) is 21.8 Å². The van der Waals surface area contributed by atoms with Crippen LogP contribution < -0.4 is 5.32 Å². The summed E-state index contributed by atoms with van der Waals surface area (Å²) in [5.41, 5.74) is 1.67. The Hall–Kier alpha value is -0.710. The third kappa shape index (κ3) is 2.59. The van der Waals surface area contributed by atoms with Gasteiger partial charge in [0.25, 0.3) is 0 Å². The van der Waals surface area contributed by atoms with Crippen LogP contribution in [-0.2, 0) is 7.05 Å². The van der Waals surface area contributed by atoms with Crippen LogP contribution in [0.4, 0.5) is 11.6 Å². The van der Waals surface area contributed by atoms with Crippen LogP contribution in [-0.4, -0.2) is 9.55 Å². The van der Waals surface area contributed by atoms with Crippen molar-refractivity contribution >= 4 is 50.8 Å². The molecule has 0 unspecified atom stereocenters. The summed E-state index contributed by atoms with van der Waals surface area (Å²) < 4.78 is 2.66. The lowest BCUT2D eigenvalue weighted by Crippen LogP contribution is -1.99. The number of aromatic nitrogens is 2. The minimum Gasteiger partial charge on any atom is -0.324 e. The van der Waals surface area contributed by atoms with E-state index in [2.05, 4.69) is 26.2 Å². The van der Waals surface area contributed by atoms with Crippen molar-refractivity contribution in [3.05, 3.63) is 38.5 Å². The zero-order chi connectivity index (χ0) is 12.6. The predicted molar refractivity (Wildman–Crippen MR) is 75.4 cm³/mol. The molecule has 3 nitrogen and oxygen atoms in total. The monoisotopic (exact) mass is 333 g/mol. The lowest BCUT2D eigenvalue weighted by atomic mass is 10.3. The highest BCUT2D eigenvalue weighted by Gasteiger charge is 2.10. The number of rotatable bonds is 2. The van der Waals surface area contributed by atoms with Crippen molar-refractivity contribution in [2.45, 2.75) is 6.92 Å². The number of aryl methyl sites for hydroxylation is 2. The number of imidazole rings is 1. The molecule has 0 aliphatic carbocycles. The molecule has 1 aromatic heterocycles. The quantitative estimate of drug-likeness (QED) is 0.817. The topological polar surface area (TPSA) is 29.9 Å². The number of halogens is 3. The molecule has 0 aliphatic heterocycles. The molecule has 1 N–H and O–H groups in total. The van der Waals surface area contributed by atoms with Crippen molar-refractivity contribution in [3.8, 4) is 0 Å². The SMILES string of the molecule is Cc1cn(C)c(Nc2ccc(Br)c(Cl)c2Cl)n1. The maximum Gasteiger partial charge on any atom is 0.207 e. The third-order valence-electron chi connectivity index (χ3n) is 2.28. The third-order valence-corrected chi connectivity index (χ3v) is 4.05. The molecule has 1 aromatic carbocycles. The Morgan fingerprint density at radius 1 is 1.29 bits per heavy atom. The predicted octanol–water partition coefficient (Wildman–Crippen LogP) is 4.54. The van der Waals surface area contributed by atoms with Crippen LogP contribution in [0.15, 0.2) is 22.8 Å². The van der Waals surface area contributed by atoms with E-state index in [1.54, 1.807) is 0 Å². The average molecular weight is 335 g/mol. The summed E-state index contributed by atoms with van der Waals surface area (Å²) >= 11 is 15.5. The molecule has 0 atom stereocenters. The maximum atomic E-state index is 6.15. The molecule has 17 heavy (non-hydrogen) atoms. The van der Waals surface area contributed by atoms with Gasteiger partial charge in [-0.25, -0.2) is 4.98 Å². The number of benzene rings is 1. The number of nitrogens with zero attached hydrogens (tertiary/aromatic N) is 2. The van der Waals surface area contributed by atoms with E-state index in [4.69, 9.17) is 23.2 Å². The second-order valence-corrected chi connectivity index (χ2v) is 5.27. The van der Waals surface area contributed by atoms with E-state index in [0.29, 0.717) is 10.0 Å². The molecule has 0 saturated carbocycles. The summed E-state index contributed by atoms with van der Waals surface area (Å²) in [7, 11) is 1.91. The molecule has 90 valence electrons. The maximum absolute atomic E-state index is 6.15. The van der Waals surface area contributed by atoms with Gasteiger partial charge in [-0.15, -0.1) is 0 Å². The van der Waals surface area contributed by atoms with Crippen LogP contribution >= 0.6 is 39.1 Å². The van der Waals surface area contributed by atoms with E-state index in [9.17, 15) is 0 Å². The first-order valence-corrected chi connectivity index (χ1v) is 6.44. The first-order chi connectivity index (χ1) is 7.99. The van der Waals surface area contributed by atoms with Crippen LogP contribution in [0.5, 0.6) is 0 Å². The fraction of sp³-hybridized carbons (Fsp3) is 0.182. The molecule has 0 radical (unpaired) electrons. The number of anilines is 2. The zero-order valence-corrected chi connectivity index (χ0v) is 12.4. The van der Waals surface area contributed by atoms with Gasteiger partial charge in [0.2, 0.25) is 5.95 Å². The lowest BCUT2D eigenvalue weighted by Gasteiger charge is -2.09. The molecule has 0 bridgehead atoms. The highest BCUT2D eigenvalue weighted by molar-refractivity contribution is 9.10. The van der Waals surface area contributed by atoms with Crippen molar-refractivity contribution < 1.29 is 0 Å². The molecule has 2 rings (SSSR count). The van der Waals surface area contributed by atoms with Crippen molar-refractivity contribution in [1.29, 1.82) is 0 Å². The molecular weight excluding hydrogens is 325 g/mol. The van der Waals surface area contributed by atoms with Crippen LogP contribution in [0.1, 0.15) is 5.69 Å². The zero-order valence-electron chi connectivity index (χ0n) is 9.26. The van der Waals surface area contributed by atoms with Gasteiger partial charge >= 0.3 is 0 Å². The molecule has 0 saturated heterocycles. The van der Waals surface area contributed by atoms with Gasteiger partial charge in [-0.3, -0.25) is 0 Å². The van der Waals surface area contributed by atoms with Gasteiger partial charge in [0, 0.05) is 17.7 Å². The van der Waals surface area contributed by atoms with Crippen LogP contribution in [0.2, 0.25) is 10.0 Å². The summed E-state index contributed by atoms with van der Waals surface area (Å²) in [6, 6.07) is 3.69. The smallest absolute Gasteiger partial charge is 0.207 e. The molecule has 0 aliphatic rings. The van der Waals surface area contributed by atoms with Gasteiger partial charge in [0.1, 0.15) is 0 Å². The van der Waals surface area contributed by atoms with Gasteiger partial charge in [-0.1, -0.05) is 23.2 Å². The fourth-order valence-electron chi connectivity index (χ4n) is 1.48. The van der Waals surface area contributed by atoms with Crippen molar-refractivity contribution in [2.75, 3.05) is 5.32 Å².